The molecule has 9 heteroatoms. The second-order valence-corrected chi connectivity index (χ2v) is 14.4. The molecule has 2 heterocycles. The molecule has 2 aromatic heterocycles. The van der Waals surface area contributed by atoms with Crippen LogP contribution in [0.25, 0.3) is 22.1 Å². The summed E-state index contributed by atoms with van der Waals surface area (Å²) < 4.78 is 23.4. The summed E-state index contributed by atoms with van der Waals surface area (Å²) in [6.45, 7) is 8.41. The molecule has 2 aromatic carbocycles. The lowest BCUT2D eigenvalue weighted by molar-refractivity contribution is 0.0883. The van der Waals surface area contributed by atoms with Crippen molar-refractivity contribution in [3.05, 3.63) is 60.2 Å². The molecular weight excluding hydrogens is 466 g/mol. The van der Waals surface area contributed by atoms with Crippen LogP contribution in [-0.2, 0) is 23.2 Å². The maximum Gasteiger partial charge on any atom is 0.126 e. The van der Waals surface area contributed by atoms with E-state index in [9.17, 15) is 4.39 Å². The highest BCUT2D eigenvalue weighted by molar-refractivity contribution is 6.76. The van der Waals surface area contributed by atoms with Crippen LogP contribution in [0.3, 0.4) is 0 Å². The van der Waals surface area contributed by atoms with Gasteiger partial charge in [0.05, 0.1) is 42.4 Å². The first kappa shape index (κ1) is 24.7. The van der Waals surface area contributed by atoms with Crippen LogP contribution >= 0.6 is 23.2 Å². The number of alkyl halides is 3. The average Bonchev–Trinajstić information content (AvgIpc) is 3.38. The number of nitrogens with one attached hydrogen (secondary N) is 1. The Morgan fingerprint density at radius 2 is 1.69 bits per heavy atom. The summed E-state index contributed by atoms with van der Waals surface area (Å²) >= 11 is 11.6. The van der Waals surface area contributed by atoms with Gasteiger partial charge in [-0.1, -0.05) is 43.9 Å². The molecule has 174 valence electrons. The molecule has 4 aromatic rings. The van der Waals surface area contributed by atoms with Crippen LogP contribution < -0.4 is 0 Å². The molecule has 32 heavy (non-hydrogen) atoms. The first-order chi connectivity index (χ1) is 15.8. The second kappa shape index (κ2) is 12.9. The number of fused-ring (bicyclic) bond motifs is 2. The van der Waals surface area contributed by atoms with E-state index in [1.165, 1.54) is 6.04 Å². The van der Waals surface area contributed by atoms with Gasteiger partial charge in [-0.05, 0) is 30.3 Å². The van der Waals surface area contributed by atoms with Crippen molar-refractivity contribution < 1.29 is 10.5 Å². The highest BCUT2D eigenvalue weighted by Gasteiger charge is 2.13. The minimum Gasteiger partial charge on any atom is -0.361 e. The molecule has 0 aliphatic heterocycles. The lowest BCUT2D eigenvalue weighted by Crippen LogP contribution is -2.22. The van der Waals surface area contributed by atoms with E-state index in [1.54, 1.807) is 0 Å². The molecule has 0 saturated carbocycles. The van der Waals surface area contributed by atoms with Crippen molar-refractivity contribution in [3.63, 3.8) is 0 Å². The highest BCUT2D eigenvalue weighted by atomic mass is 35.5. The second-order valence-electron chi connectivity index (χ2n) is 8.26. The first-order valence-electron chi connectivity index (χ1n) is 11.0. The summed E-state index contributed by atoms with van der Waals surface area (Å²) in [7, 11) is -2.03. The highest BCUT2D eigenvalue weighted by Crippen LogP contribution is 2.18. The molecule has 0 fully saturated rings. The summed E-state index contributed by atoms with van der Waals surface area (Å²) in [6.07, 6.45) is 0. The molecule has 0 aliphatic rings. The van der Waals surface area contributed by atoms with E-state index in [4.69, 9.17) is 29.3 Å². The summed E-state index contributed by atoms with van der Waals surface area (Å²) in [5, 5.41) is 0. The van der Waals surface area contributed by atoms with E-state index < -0.39 is 15.2 Å². The molecule has 0 amide bonds. The van der Waals surface area contributed by atoms with E-state index in [1.807, 2.05) is 42.5 Å². The van der Waals surface area contributed by atoms with Crippen LogP contribution in [-0.4, -0.2) is 41.4 Å². The third-order valence-corrected chi connectivity index (χ3v) is 6.83. The topological polar surface area (TPSA) is 55.7 Å². The molecule has 0 spiro atoms. The summed E-state index contributed by atoms with van der Waals surface area (Å²) in [5.74, 6) is 2.55. The number of nitrogens with zero attached hydrogens (tertiary/aromatic N) is 3. The van der Waals surface area contributed by atoms with Crippen molar-refractivity contribution in [2.45, 2.75) is 44.2 Å². The van der Waals surface area contributed by atoms with E-state index in [0.717, 1.165) is 40.3 Å². The summed E-state index contributed by atoms with van der Waals surface area (Å²) in [5.41, 5.74) is 4.09. The number of aromatic nitrogens is 4. The minimum absolute atomic E-state index is 0.409. The predicted octanol–water partition coefficient (Wildman–Crippen LogP) is 6.97. The Kier molecular flexibility index (Phi) is 9.99. The van der Waals surface area contributed by atoms with Gasteiger partial charge in [0, 0.05) is 14.7 Å². The smallest absolute Gasteiger partial charge is 0.126 e. The molecule has 0 saturated heterocycles. The number of halogens is 3. The number of hydrogen-bond donors (Lipinski definition) is 1. The van der Waals surface area contributed by atoms with Crippen molar-refractivity contribution in [1.29, 1.82) is 0 Å². The number of imidazole rings is 2. The Hall–Kier alpha value is -1.93. The van der Waals surface area contributed by atoms with Crippen LogP contribution in [0, 0.1) is 0 Å². The fourth-order valence-electron chi connectivity index (χ4n) is 2.97. The van der Waals surface area contributed by atoms with Crippen molar-refractivity contribution in [3.8, 4) is 0 Å². The number of rotatable bonds is 7. The Morgan fingerprint density at radius 1 is 1.03 bits per heavy atom. The Balaban J connectivity index is 0.000000231. The van der Waals surface area contributed by atoms with Gasteiger partial charge in [0.25, 0.3) is 0 Å². The number of aromatic amines is 1. The molecule has 1 N–H and O–H groups in total. The van der Waals surface area contributed by atoms with Gasteiger partial charge in [0.15, 0.2) is 0 Å². The molecule has 4 rings (SSSR count). The number of hydrogen-bond acceptors (Lipinski definition) is 3. The summed E-state index contributed by atoms with van der Waals surface area (Å²) in [6, 6.07) is 17.1. The van der Waals surface area contributed by atoms with E-state index >= 15 is 0 Å². The van der Waals surface area contributed by atoms with Gasteiger partial charge in [-0.15, -0.1) is 23.2 Å². The van der Waals surface area contributed by atoms with Crippen LogP contribution in [0.5, 0.6) is 0 Å². The molecule has 5 nitrogen and oxygen atoms in total. The fraction of sp³-hybridized carbons (Fsp3) is 0.391. The van der Waals surface area contributed by atoms with Gasteiger partial charge in [0.1, 0.15) is 18.4 Å². The molecule has 0 radical (unpaired) electrons. The molecule has 0 aliphatic carbocycles. The third kappa shape index (κ3) is 7.58. The lowest BCUT2D eigenvalue weighted by atomic mass is 10.3. The lowest BCUT2D eigenvalue weighted by Gasteiger charge is -2.16. The SMILES string of the molecule is C[Si](C)(C)CCOCn1c(CCl)nc2ccccc21.ClCc1nc2ccccc2[nH]1.[2H]CF. The van der Waals surface area contributed by atoms with Gasteiger partial charge in [-0.3, -0.25) is 4.39 Å². The van der Waals surface area contributed by atoms with Crippen LogP contribution in [0.4, 0.5) is 4.39 Å². The molecular formula is C23H31Cl2FN4OSi. The van der Waals surface area contributed by atoms with Gasteiger partial charge in [0.2, 0.25) is 0 Å². The molecule has 0 atom stereocenters. The van der Waals surface area contributed by atoms with Gasteiger partial charge < -0.3 is 14.3 Å². The van der Waals surface area contributed by atoms with Crippen LogP contribution in [0.2, 0.25) is 25.7 Å². The van der Waals surface area contributed by atoms with Crippen molar-refractivity contribution >= 4 is 53.3 Å². The van der Waals surface area contributed by atoms with E-state index in [0.29, 0.717) is 18.5 Å². The monoisotopic (exact) mass is 497 g/mol. The Morgan fingerprint density at radius 3 is 2.31 bits per heavy atom. The van der Waals surface area contributed by atoms with Gasteiger partial charge >= 0.3 is 0 Å². The zero-order valence-electron chi connectivity index (χ0n) is 19.7. The molecule has 0 unspecified atom stereocenters. The fourth-order valence-corrected chi connectivity index (χ4v) is 4.06. The number of para-hydroxylation sites is 4. The van der Waals surface area contributed by atoms with E-state index in [2.05, 4.69) is 45.2 Å². The Bertz CT molecular complexity index is 1080. The van der Waals surface area contributed by atoms with E-state index in [-0.39, 0.29) is 0 Å². The molecule has 0 bridgehead atoms. The maximum atomic E-state index is 9.96. The summed E-state index contributed by atoms with van der Waals surface area (Å²) in [4.78, 5) is 11.9. The minimum atomic E-state index is -1.03. The normalized spacial score (nSPS) is 11.5. The maximum absolute atomic E-state index is 9.96. The zero-order chi connectivity index (χ0) is 24.3. The quantitative estimate of drug-likeness (QED) is 0.170. The number of benzene rings is 2. The van der Waals surface area contributed by atoms with Gasteiger partial charge in [-0.25, -0.2) is 9.97 Å². The largest absolute Gasteiger partial charge is 0.361 e. The first-order valence-corrected chi connectivity index (χ1v) is 15.0. The zero-order valence-corrected chi connectivity index (χ0v) is 21.3. The predicted molar refractivity (Wildman–Crippen MR) is 136 cm³/mol. The third-order valence-electron chi connectivity index (χ3n) is 4.63. The van der Waals surface area contributed by atoms with Crippen molar-refractivity contribution in [2.24, 2.45) is 0 Å². The number of H-pyrrole nitrogens is 1. The van der Waals surface area contributed by atoms with Crippen molar-refractivity contribution in [2.75, 3.05) is 13.8 Å². The van der Waals surface area contributed by atoms with Crippen molar-refractivity contribution in [1.82, 2.24) is 19.5 Å². The Labute approximate surface area is 201 Å². The van der Waals surface area contributed by atoms with Crippen LogP contribution in [0.1, 0.15) is 13.0 Å². The van der Waals surface area contributed by atoms with Gasteiger partial charge in [-0.2, -0.15) is 0 Å². The standard InChI is InChI=1S/C14H21ClN2OSi.C8H7ClN2.CH3F/c1-19(2,3)9-8-18-11-17-13-7-5-4-6-12(13)16-14(17)10-15;9-5-8-10-6-3-1-2-4-7(6)11-8;1-2/h4-7H,8-11H2,1-3H3;1-4H,5H2,(H,10,11);1H3/i;;1D. The number of ether oxygens (including phenoxy) is 1. The average molecular weight is 499 g/mol. The van der Waals surface area contributed by atoms with Crippen LogP contribution in [0.15, 0.2) is 48.5 Å².